The highest BCUT2D eigenvalue weighted by atomic mass is 16.5. The van der Waals surface area contributed by atoms with E-state index in [0.29, 0.717) is 12.1 Å². The Hall–Kier alpha value is -2.13. The van der Waals surface area contributed by atoms with Gasteiger partial charge < -0.3 is 10.1 Å². The number of aryl methyl sites for hydroxylation is 3. The number of ether oxygens (including phenoxy) is 1. The Balaban J connectivity index is 2.05. The molecule has 116 valence electrons. The van der Waals surface area contributed by atoms with Crippen molar-refractivity contribution in [3.8, 4) is 0 Å². The van der Waals surface area contributed by atoms with Gasteiger partial charge in [0.1, 0.15) is 0 Å². The van der Waals surface area contributed by atoms with Gasteiger partial charge in [-0.25, -0.2) is 0 Å². The van der Waals surface area contributed by atoms with E-state index in [4.69, 9.17) is 4.74 Å². The molecule has 1 N–H and O–H groups in total. The van der Waals surface area contributed by atoms with Crippen LogP contribution in [-0.2, 0) is 4.74 Å². The minimum Gasteiger partial charge on any atom is -0.375 e. The number of methoxy groups -OCH3 is 1. The SMILES string of the molecule is COC(CNC(=O)c1ccc(C)c(C)c1)c1ccccc1C. The van der Waals surface area contributed by atoms with E-state index in [-0.39, 0.29) is 12.0 Å². The molecule has 0 bridgehead atoms. The number of benzene rings is 2. The van der Waals surface area contributed by atoms with Gasteiger partial charge >= 0.3 is 0 Å². The van der Waals surface area contributed by atoms with Crippen LogP contribution in [0, 0.1) is 20.8 Å². The van der Waals surface area contributed by atoms with Crippen LogP contribution in [0.1, 0.15) is 38.7 Å². The molecule has 0 aliphatic heterocycles. The van der Waals surface area contributed by atoms with Gasteiger partial charge in [-0.3, -0.25) is 4.79 Å². The Morgan fingerprint density at radius 1 is 1.05 bits per heavy atom. The van der Waals surface area contributed by atoms with Crippen LogP contribution in [0.3, 0.4) is 0 Å². The Bertz CT molecular complexity index is 664. The third-order valence-electron chi connectivity index (χ3n) is 4.04. The van der Waals surface area contributed by atoms with E-state index < -0.39 is 0 Å². The van der Waals surface area contributed by atoms with Gasteiger partial charge in [-0.2, -0.15) is 0 Å². The predicted octanol–water partition coefficient (Wildman–Crippen LogP) is 3.73. The van der Waals surface area contributed by atoms with Crippen molar-refractivity contribution in [2.24, 2.45) is 0 Å². The highest BCUT2D eigenvalue weighted by molar-refractivity contribution is 5.94. The number of nitrogens with one attached hydrogen (secondary N) is 1. The molecule has 2 aromatic rings. The van der Waals surface area contributed by atoms with Crippen molar-refractivity contribution in [2.45, 2.75) is 26.9 Å². The quantitative estimate of drug-likeness (QED) is 0.913. The minimum atomic E-state index is -0.142. The minimum absolute atomic E-state index is 0.0706. The van der Waals surface area contributed by atoms with E-state index in [1.165, 1.54) is 5.56 Å². The first-order chi connectivity index (χ1) is 10.5. The standard InChI is InChI=1S/C19H23NO2/c1-13-9-10-16(11-15(13)3)19(21)20-12-18(22-4)17-8-6-5-7-14(17)2/h5-11,18H,12H2,1-4H3,(H,20,21). The molecule has 3 heteroatoms. The number of rotatable bonds is 5. The first-order valence-electron chi connectivity index (χ1n) is 7.46. The molecule has 22 heavy (non-hydrogen) atoms. The van der Waals surface area contributed by atoms with Crippen LogP contribution in [0.15, 0.2) is 42.5 Å². The second-order valence-electron chi connectivity index (χ2n) is 5.59. The monoisotopic (exact) mass is 297 g/mol. The molecule has 3 nitrogen and oxygen atoms in total. The topological polar surface area (TPSA) is 38.3 Å². The Morgan fingerprint density at radius 3 is 2.41 bits per heavy atom. The van der Waals surface area contributed by atoms with Gasteiger partial charge in [0.2, 0.25) is 0 Å². The molecule has 0 saturated carbocycles. The molecule has 2 rings (SSSR count). The average Bonchev–Trinajstić information content (AvgIpc) is 2.52. The van der Waals surface area contributed by atoms with Crippen LogP contribution in [0.5, 0.6) is 0 Å². The summed E-state index contributed by atoms with van der Waals surface area (Å²) in [6, 6.07) is 13.8. The van der Waals surface area contributed by atoms with Crippen LogP contribution < -0.4 is 5.32 Å². The fourth-order valence-corrected chi connectivity index (χ4v) is 2.44. The van der Waals surface area contributed by atoms with Crippen molar-refractivity contribution in [3.05, 3.63) is 70.3 Å². The van der Waals surface area contributed by atoms with Crippen LogP contribution in [0.25, 0.3) is 0 Å². The van der Waals surface area contributed by atoms with Gasteiger partial charge in [-0.1, -0.05) is 30.3 Å². The van der Waals surface area contributed by atoms with Crippen LogP contribution >= 0.6 is 0 Å². The molecular formula is C19H23NO2. The lowest BCUT2D eigenvalue weighted by atomic mass is 10.0. The van der Waals surface area contributed by atoms with Gasteiger partial charge in [0, 0.05) is 19.2 Å². The maximum Gasteiger partial charge on any atom is 0.251 e. The van der Waals surface area contributed by atoms with E-state index in [1.807, 2.05) is 63.2 Å². The van der Waals surface area contributed by atoms with Crippen LogP contribution in [0.4, 0.5) is 0 Å². The average molecular weight is 297 g/mol. The molecule has 0 heterocycles. The number of hydrogen-bond acceptors (Lipinski definition) is 2. The van der Waals surface area contributed by atoms with Crippen molar-refractivity contribution in [2.75, 3.05) is 13.7 Å². The smallest absolute Gasteiger partial charge is 0.251 e. The summed E-state index contributed by atoms with van der Waals surface area (Å²) < 4.78 is 5.53. The van der Waals surface area contributed by atoms with Gasteiger partial charge in [0.25, 0.3) is 5.91 Å². The molecule has 1 amide bonds. The van der Waals surface area contributed by atoms with E-state index in [0.717, 1.165) is 16.7 Å². The van der Waals surface area contributed by atoms with Crippen LogP contribution in [-0.4, -0.2) is 19.6 Å². The molecule has 0 aliphatic carbocycles. The summed E-state index contributed by atoms with van der Waals surface area (Å²) in [7, 11) is 1.67. The van der Waals surface area contributed by atoms with Gasteiger partial charge in [0.15, 0.2) is 0 Å². The Labute approximate surface area is 132 Å². The summed E-state index contributed by atoms with van der Waals surface area (Å²) in [4.78, 5) is 12.3. The largest absolute Gasteiger partial charge is 0.375 e. The summed E-state index contributed by atoms with van der Waals surface area (Å²) in [5.74, 6) is -0.0706. The molecule has 0 radical (unpaired) electrons. The van der Waals surface area contributed by atoms with Crippen LogP contribution in [0.2, 0.25) is 0 Å². The van der Waals surface area contributed by atoms with Crippen molar-refractivity contribution in [1.29, 1.82) is 0 Å². The molecule has 0 fully saturated rings. The third kappa shape index (κ3) is 3.74. The zero-order chi connectivity index (χ0) is 16.1. The zero-order valence-corrected chi connectivity index (χ0v) is 13.6. The second-order valence-corrected chi connectivity index (χ2v) is 5.59. The molecule has 0 spiro atoms. The van der Waals surface area contributed by atoms with E-state index in [9.17, 15) is 4.79 Å². The fourth-order valence-electron chi connectivity index (χ4n) is 2.44. The third-order valence-corrected chi connectivity index (χ3v) is 4.04. The summed E-state index contributed by atoms with van der Waals surface area (Å²) in [6.07, 6.45) is -0.142. The predicted molar refractivity (Wildman–Crippen MR) is 89.2 cm³/mol. The molecule has 1 atom stereocenters. The molecule has 2 aromatic carbocycles. The second kappa shape index (κ2) is 7.23. The molecule has 0 saturated heterocycles. The van der Waals surface area contributed by atoms with Gasteiger partial charge in [-0.15, -0.1) is 0 Å². The molecular weight excluding hydrogens is 274 g/mol. The van der Waals surface area contributed by atoms with Crippen molar-refractivity contribution < 1.29 is 9.53 Å². The highest BCUT2D eigenvalue weighted by Crippen LogP contribution is 2.19. The van der Waals surface area contributed by atoms with Crippen molar-refractivity contribution in [1.82, 2.24) is 5.32 Å². The normalized spacial score (nSPS) is 12.0. The lowest BCUT2D eigenvalue weighted by Gasteiger charge is -2.18. The maximum absolute atomic E-state index is 12.3. The highest BCUT2D eigenvalue weighted by Gasteiger charge is 2.14. The molecule has 1 unspecified atom stereocenters. The summed E-state index contributed by atoms with van der Waals surface area (Å²) >= 11 is 0. The summed E-state index contributed by atoms with van der Waals surface area (Å²) in [5, 5.41) is 2.96. The molecule has 0 aromatic heterocycles. The lowest BCUT2D eigenvalue weighted by molar-refractivity contribution is 0.0826. The van der Waals surface area contributed by atoms with E-state index in [1.54, 1.807) is 7.11 Å². The Morgan fingerprint density at radius 2 is 1.77 bits per heavy atom. The molecule has 0 aliphatic rings. The number of carbonyl (C=O) groups excluding carboxylic acids is 1. The van der Waals surface area contributed by atoms with Crippen molar-refractivity contribution in [3.63, 3.8) is 0 Å². The Kier molecular flexibility index (Phi) is 5.34. The van der Waals surface area contributed by atoms with Gasteiger partial charge in [-0.05, 0) is 55.2 Å². The zero-order valence-electron chi connectivity index (χ0n) is 13.6. The first-order valence-corrected chi connectivity index (χ1v) is 7.46. The van der Waals surface area contributed by atoms with E-state index in [2.05, 4.69) is 5.32 Å². The van der Waals surface area contributed by atoms with E-state index >= 15 is 0 Å². The fraction of sp³-hybridized carbons (Fsp3) is 0.316. The first kappa shape index (κ1) is 16.2. The summed E-state index contributed by atoms with van der Waals surface area (Å²) in [5.41, 5.74) is 5.25. The van der Waals surface area contributed by atoms with Gasteiger partial charge in [0.05, 0.1) is 6.10 Å². The number of amides is 1. The number of hydrogen-bond donors (Lipinski definition) is 1. The summed E-state index contributed by atoms with van der Waals surface area (Å²) in [6.45, 7) is 6.55. The number of carbonyl (C=O) groups is 1. The van der Waals surface area contributed by atoms with Crippen molar-refractivity contribution >= 4 is 5.91 Å². The lowest BCUT2D eigenvalue weighted by Crippen LogP contribution is -2.29. The maximum atomic E-state index is 12.3.